The molecule has 1 heterocycles. The van der Waals surface area contributed by atoms with Crippen LogP contribution in [0, 0.1) is 0 Å². The van der Waals surface area contributed by atoms with Crippen LogP contribution in [0.3, 0.4) is 0 Å². The van der Waals surface area contributed by atoms with Gasteiger partial charge in [-0.1, -0.05) is 49.4 Å². The lowest BCUT2D eigenvalue weighted by atomic mass is 10.2. The van der Waals surface area contributed by atoms with Crippen LogP contribution in [0.2, 0.25) is 0 Å². The standard InChI is InChI=1S/C16H18N2/c1-3-5-11-15(4-2)18-12-16(17-13-18)14-9-7-6-8-10-14/h3,5-13H,4H2,1-2H3/b5-3-,15-11+. The second kappa shape index (κ2) is 6.01. The molecule has 2 aromatic rings. The van der Waals surface area contributed by atoms with Crippen LogP contribution < -0.4 is 0 Å². The fourth-order valence-electron chi connectivity index (χ4n) is 1.83. The van der Waals surface area contributed by atoms with Crippen LogP contribution in [0.1, 0.15) is 20.3 Å². The van der Waals surface area contributed by atoms with Gasteiger partial charge in [0.15, 0.2) is 0 Å². The molecule has 0 aliphatic heterocycles. The topological polar surface area (TPSA) is 17.8 Å². The first kappa shape index (κ1) is 12.4. The lowest BCUT2D eigenvalue weighted by Crippen LogP contribution is -1.91. The average molecular weight is 238 g/mol. The number of allylic oxidation sites excluding steroid dienone is 4. The number of nitrogens with zero attached hydrogens (tertiary/aromatic N) is 2. The van der Waals surface area contributed by atoms with E-state index in [9.17, 15) is 0 Å². The van der Waals surface area contributed by atoms with Gasteiger partial charge in [0.2, 0.25) is 0 Å². The maximum atomic E-state index is 4.46. The van der Waals surface area contributed by atoms with Crippen molar-refractivity contribution in [1.29, 1.82) is 0 Å². The Morgan fingerprint density at radius 2 is 2.06 bits per heavy atom. The quantitative estimate of drug-likeness (QED) is 0.723. The second-order valence-corrected chi connectivity index (χ2v) is 4.07. The Morgan fingerprint density at radius 3 is 2.72 bits per heavy atom. The third-order valence-corrected chi connectivity index (χ3v) is 2.83. The maximum absolute atomic E-state index is 4.46. The summed E-state index contributed by atoms with van der Waals surface area (Å²) >= 11 is 0. The molecular formula is C16H18N2. The van der Waals surface area contributed by atoms with E-state index in [0.717, 1.165) is 17.7 Å². The van der Waals surface area contributed by atoms with Crippen molar-refractivity contribution in [1.82, 2.24) is 9.55 Å². The van der Waals surface area contributed by atoms with Gasteiger partial charge in [-0.25, -0.2) is 4.98 Å². The zero-order valence-electron chi connectivity index (χ0n) is 10.9. The van der Waals surface area contributed by atoms with Gasteiger partial charge in [0, 0.05) is 17.5 Å². The maximum Gasteiger partial charge on any atom is 0.0996 e. The zero-order chi connectivity index (χ0) is 12.8. The lowest BCUT2D eigenvalue weighted by molar-refractivity contribution is 1.01. The van der Waals surface area contributed by atoms with E-state index in [1.807, 2.05) is 37.5 Å². The van der Waals surface area contributed by atoms with Gasteiger partial charge in [-0.3, -0.25) is 0 Å². The predicted molar refractivity (Wildman–Crippen MR) is 77.0 cm³/mol. The van der Waals surface area contributed by atoms with E-state index < -0.39 is 0 Å². The van der Waals surface area contributed by atoms with Crippen molar-refractivity contribution in [2.24, 2.45) is 0 Å². The van der Waals surface area contributed by atoms with Gasteiger partial charge < -0.3 is 4.57 Å². The fraction of sp³-hybridized carbons (Fsp3) is 0.188. The van der Waals surface area contributed by atoms with Gasteiger partial charge in [0.25, 0.3) is 0 Å². The predicted octanol–water partition coefficient (Wildman–Crippen LogP) is 4.38. The lowest BCUT2D eigenvalue weighted by Gasteiger charge is -2.03. The Bertz CT molecular complexity index is 547. The minimum absolute atomic E-state index is 0.981. The van der Waals surface area contributed by atoms with Gasteiger partial charge in [-0.05, 0) is 19.4 Å². The minimum atomic E-state index is 0.981. The number of aromatic nitrogens is 2. The first-order chi connectivity index (χ1) is 8.85. The summed E-state index contributed by atoms with van der Waals surface area (Å²) in [7, 11) is 0. The number of hydrogen-bond donors (Lipinski definition) is 0. The van der Waals surface area contributed by atoms with Crippen LogP contribution in [0.25, 0.3) is 17.0 Å². The molecule has 0 saturated carbocycles. The third kappa shape index (κ3) is 2.77. The molecule has 0 radical (unpaired) electrons. The smallest absolute Gasteiger partial charge is 0.0996 e. The molecule has 0 bridgehead atoms. The van der Waals surface area contributed by atoms with Crippen LogP contribution in [0.4, 0.5) is 0 Å². The molecule has 1 aromatic heterocycles. The molecule has 1 aromatic carbocycles. The highest BCUT2D eigenvalue weighted by Crippen LogP contribution is 2.19. The van der Waals surface area contributed by atoms with E-state index in [1.54, 1.807) is 0 Å². The zero-order valence-corrected chi connectivity index (χ0v) is 10.9. The van der Waals surface area contributed by atoms with E-state index in [0.29, 0.717) is 0 Å². The summed E-state index contributed by atoms with van der Waals surface area (Å²) < 4.78 is 2.09. The van der Waals surface area contributed by atoms with E-state index in [2.05, 4.69) is 47.0 Å². The first-order valence-electron chi connectivity index (χ1n) is 6.26. The second-order valence-electron chi connectivity index (χ2n) is 4.07. The SMILES string of the molecule is C/C=C\C=C(/CC)n1cnc(-c2ccccc2)c1. The molecule has 0 fully saturated rings. The molecule has 0 aliphatic rings. The number of imidazole rings is 1. The molecule has 2 rings (SSSR count). The average Bonchev–Trinajstić information content (AvgIpc) is 2.90. The summed E-state index contributed by atoms with van der Waals surface area (Å²) in [4.78, 5) is 4.46. The van der Waals surface area contributed by atoms with Gasteiger partial charge in [-0.2, -0.15) is 0 Å². The molecule has 2 heteroatoms. The highest BCUT2D eigenvalue weighted by atomic mass is 15.0. The van der Waals surface area contributed by atoms with Gasteiger partial charge >= 0.3 is 0 Å². The normalized spacial score (nSPS) is 12.2. The molecule has 18 heavy (non-hydrogen) atoms. The Balaban J connectivity index is 2.30. The summed E-state index contributed by atoms with van der Waals surface area (Å²) in [5.41, 5.74) is 3.40. The van der Waals surface area contributed by atoms with Gasteiger partial charge in [-0.15, -0.1) is 0 Å². The molecule has 0 spiro atoms. The van der Waals surface area contributed by atoms with Crippen molar-refractivity contribution < 1.29 is 0 Å². The molecule has 0 unspecified atom stereocenters. The number of rotatable bonds is 4. The molecule has 92 valence electrons. The Hall–Kier alpha value is -2.09. The molecule has 0 aliphatic carbocycles. The van der Waals surface area contributed by atoms with Crippen LogP contribution in [0.5, 0.6) is 0 Å². The van der Waals surface area contributed by atoms with Crippen LogP contribution in [-0.4, -0.2) is 9.55 Å². The summed E-state index contributed by atoms with van der Waals surface area (Å²) in [6.07, 6.45) is 11.1. The van der Waals surface area contributed by atoms with E-state index in [-0.39, 0.29) is 0 Å². The van der Waals surface area contributed by atoms with Crippen molar-refractivity contribution in [3.8, 4) is 11.3 Å². The van der Waals surface area contributed by atoms with Gasteiger partial charge in [0.05, 0.1) is 12.0 Å². The summed E-state index contributed by atoms with van der Waals surface area (Å²) in [6.45, 7) is 4.17. The highest BCUT2D eigenvalue weighted by Gasteiger charge is 2.03. The fourth-order valence-corrected chi connectivity index (χ4v) is 1.83. The Morgan fingerprint density at radius 1 is 1.28 bits per heavy atom. The molecule has 0 atom stereocenters. The van der Waals surface area contributed by atoms with Crippen molar-refractivity contribution in [2.45, 2.75) is 20.3 Å². The minimum Gasteiger partial charge on any atom is -0.309 e. The molecular weight excluding hydrogens is 220 g/mol. The van der Waals surface area contributed by atoms with Gasteiger partial charge in [0.1, 0.15) is 0 Å². The largest absolute Gasteiger partial charge is 0.309 e. The van der Waals surface area contributed by atoms with E-state index in [1.165, 1.54) is 5.70 Å². The first-order valence-corrected chi connectivity index (χ1v) is 6.26. The van der Waals surface area contributed by atoms with Crippen LogP contribution in [-0.2, 0) is 0 Å². The molecule has 0 saturated heterocycles. The van der Waals surface area contributed by atoms with E-state index >= 15 is 0 Å². The number of benzene rings is 1. The van der Waals surface area contributed by atoms with Crippen molar-refractivity contribution in [3.63, 3.8) is 0 Å². The molecule has 0 N–H and O–H groups in total. The Labute approximate surface area is 108 Å². The Kier molecular flexibility index (Phi) is 4.13. The summed E-state index contributed by atoms with van der Waals surface area (Å²) in [5.74, 6) is 0. The third-order valence-electron chi connectivity index (χ3n) is 2.83. The van der Waals surface area contributed by atoms with Crippen molar-refractivity contribution in [2.75, 3.05) is 0 Å². The highest BCUT2D eigenvalue weighted by molar-refractivity contribution is 5.60. The molecule has 0 amide bonds. The summed E-state index contributed by atoms with van der Waals surface area (Å²) in [6, 6.07) is 10.2. The van der Waals surface area contributed by atoms with E-state index in [4.69, 9.17) is 0 Å². The van der Waals surface area contributed by atoms with Crippen LogP contribution >= 0.6 is 0 Å². The van der Waals surface area contributed by atoms with Crippen LogP contribution in [0.15, 0.2) is 61.1 Å². The number of hydrogen-bond acceptors (Lipinski definition) is 1. The van der Waals surface area contributed by atoms with Crippen molar-refractivity contribution >= 4 is 5.70 Å². The molecule has 2 nitrogen and oxygen atoms in total. The van der Waals surface area contributed by atoms with Crippen molar-refractivity contribution in [3.05, 3.63) is 61.1 Å². The monoisotopic (exact) mass is 238 g/mol. The summed E-state index contributed by atoms with van der Waals surface area (Å²) in [5, 5.41) is 0.